The first-order valence-electron chi connectivity index (χ1n) is 8.16. The van der Waals surface area contributed by atoms with Crippen molar-refractivity contribution in [2.75, 3.05) is 7.11 Å². The number of esters is 1. The number of carbonyl (C=O) groups excluding carboxylic acids is 2. The van der Waals surface area contributed by atoms with Crippen molar-refractivity contribution in [1.29, 1.82) is 0 Å². The van der Waals surface area contributed by atoms with Gasteiger partial charge in [-0.15, -0.1) is 0 Å². The molecular weight excluding hydrogens is 294 g/mol. The van der Waals surface area contributed by atoms with Crippen LogP contribution in [0.5, 0.6) is 5.75 Å². The molecule has 1 saturated carbocycles. The maximum atomic E-state index is 12.2. The van der Waals surface area contributed by atoms with Gasteiger partial charge in [0.1, 0.15) is 5.75 Å². The Bertz CT molecular complexity index is 540. The van der Waals surface area contributed by atoms with Gasteiger partial charge in [0.2, 0.25) is 0 Å². The standard InChI is InChI=1S/C18H25NO4/c1-12-6-4-5-7-16(12)19-17(20)13(2)23-18(21)14-8-10-15(22-3)11-9-14/h8-13,16H,4-7H2,1-3H3,(H,19,20)/t12-,13-,16+/m1/s1. The number of amides is 1. The Kier molecular flexibility index (Phi) is 6.02. The zero-order valence-electron chi connectivity index (χ0n) is 14.0. The van der Waals surface area contributed by atoms with E-state index in [1.165, 1.54) is 6.42 Å². The largest absolute Gasteiger partial charge is 0.497 e. The lowest BCUT2D eigenvalue weighted by Crippen LogP contribution is -2.45. The van der Waals surface area contributed by atoms with Crippen molar-refractivity contribution in [2.45, 2.75) is 51.7 Å². The molecule has 1 N–H and O–H groups in total. The van der Waals surface area contributed by atoms with E-state index < -0.39 is 12.1 Å². The van der Waals surface area contributed by atoms with Crippen molar-refractivity contribution >= 4 is 11.9 Å². The number of hydrogen-bond acceptors (Lipinski definition) is 4. The smallest absolute Gasteiger partial charge is 0.338 e. The highest BCUT2D eigenvalue weighted by molar-refractivity contribution is 5.92. The average Bonchev–Trinajstić information content (AvgIpc) is 2.56. The number of rotatable bonds is 5. The van der Waals surface area contributed by atoms with Crippen LogP contribution in [0.15, 0.2) is 24.3 Å². The van der Waals surface area contributed by atoms with Gasteiger partial charge >= 0.3 is 5.97 Å². The lowest BCUT2D eigenvalue weighted by atomic mass is 9.86. The van der Waals surface area contributed by atoms with Gasteiger partial charge in [0.25, 0.3) is 5.91 Å². The second kappa shape index (κ2) is 7.99. The minimum Gasteiger partial charge on any atom is -0.497 e. The Morgan fingerprint density at radius 2 is 1.83 bits per heavy atom. The summed E-state index contributed by atoms with van der Waals surface area (Å²) in [4.78, 5) is 24.3. The summed E-state index contributed by atoms with van der Waals surface area (Å²) in [5, 5.41) is 3.01. The molecule has 0 spiro atoms. The molecule has 0 aromatic heterocycles. The summed E-state index contributed by atoms with van der Waals surface area (Å²) in [5.74, 6) is 0.397. The van der Waals surface area contributed by atoms with Crippen molar-refractivity contribution in [3.8, 4) is 5.75 Å². The molecule has 1 fully saturated rings. The van der Waals surface area contributed by atoms with Gasteiger partial charge in [-0.2, -0.15) is 0 Å². The first-order chi connectivity index (χ1) is 11.0. The summed E-state index contributed by atoms with van der Waals surface area (Å²) in [6.45, 7) is 3.75. The van der Waals surface area contributed by atoms with E-state index in [0.717, 1.165) is 19.3 Å². The van der Waals surface area contributed by atoms with Crippen molar-refractivity contribution < 1.29 is 19.1 Å². The Labute approximate surface area is 137 Å². The second-order valence-corrected chi connectivity index (χ2v) is 6.15. The molecule has 0 saturated heterocycles. The molecule has 1 amide bonds. The molecule has 0 bridgehead atoms. The number of methoxy groups -OCH3 is 1. The fraction of sp³-hybridized carbons (Fsp3) is 0.556. The van der Waals surface area contributed by atoms with Crippen LogP contribution in [0.25, 0.3) is 0 Å². The van der Waals surface area contributed by atoms with Gasteiger partial charge < -0.3 is 14.8 Å². The first kappa shape index (κ1) is 17.3. The summed E-state index contributed by atoms with van der Waals surface area (Å²) in [7, 11) is 1.56. The predicted octanol–water partition coefficient (Wildman–Crippen LogP) is 2.94. The van der Waals surface area contributed by atoms with E-state index >= 15 is 0 Å². The van der Waals surface area contributed by atoms with E-state index in [-0.39, 0.29) is 11.9 Å². The number of hydrogen-bond donors (Lipinski definition) is 1. The second-order valence-electron chi connectivity index (χ2n) is 6.15. The molecule has 5 nitrogen and oxygen atoms in total. The van der Waals surface area contributed by atoms with E-state index in [0.29, 0.717) is 17.2 Å². The van der Waals surface area contributed by atoms with Gasteiger partial charge in [-0.05, 0) is 49.9 Å². The highest BCUT2D eigenvalue weighted by Crippen LogP contribution is 2.23. The lowest BCUT2D eigenvalue weighted by Gasteiger charge is -2.30. The molecule has 2 rings (SSSR count). The first-order valence-corrected chi connectivity index (χ1v) is 8.16. The molecule has 0 heterocycles. The van der Waals surface area contributed by atoms with Crippen LogP contribution in [-0.4, -0.2) is 31.1 Å². The van der Waals surface area contributed by atoms with Crippen LogP contribution < -0.4 is 10.1 Å². The summed E-state index contributed by atoms with van der Waals surface area (Å²) in [5.41, 5.74) is 0.400. The summed E-state index contributed by atoms with van der Waals surface area (Å²) < 4.78 is 10.3. The topological polar surface area (TPSA) is 64.6 Å². The molecule has 23 heavy (non-hydrogen) atoms. The Balaban J connectivity index is 1.87. The molecule has 5 heteroatoms. The molecule has 126 valence electrons. The fourth-order valence-corrected chi connectivity index (χ4v) is 2.84. The van der Waals surface area contributed by atoms with Gasteiger partial charge in [-0.3, -0.25) is 4.79 Å². The van der Waals surface area contributed by atoms with Crippen LogP contribution in [-0.2, 0) is 9.53 Å². The number of carbonyl (C=O) groups is 2. The van der Waals surface area contributed by atoms with E-state index in [2.05, 4.69) is 12.2 Å². The average molecular weight is 319 g/mol. The number of ether oxygens (including phenoxy) is 2. The highest BCUT2D eigenvalue weighted by atomic mass is 16.5. The van der Waals surface area contributed by atoms with E-state index in [1.54, 1.807) is 38.3 Å². The van der Waals surface area contributed by atoms with Crippen LogP contribution in [0.4, 0.5) is 0 Å². The maximum Gasteiger partial charge on any atom is 0.338 e. The molecule has 0 radical (unpaired) electrons. The zero-order valence-corrected chi connectivity index (χ0v) is 14.0. The third-order valence-corrected chi connectivity index (χ3v) is 4.42. The normalized spacial score (nSPS) is 22.0. The third kappa shape index (κ3) is 4.71. The molecular formula is C18H25NO4. The van der Waals surface area contributed by atoms with Gasteiger partial charge in [-0.25, -0.2) is 4.79 Å². The van der Waals surface area contributed by atoms with E-state index in [4.69, 9.17) is 9.47 Å². The Morgan fingerprint density at radius 1 is 1.17 bits per heavy atom. The van der Waals surface area contributed by atoms with Crippen molar-refractivity contribution in [2.24, 2.45) is 5.92 Å². The monoisotopic (exact) mass is 319 g/mol. The lowest BCUT2D eigenvalue weighted by molar-refractivity contribution is -0.130. The molecule has 1 aliphatic carbocycles. The molecule has 1 aromatic carbocycles. The minimum absolute atomic E-state index is 0.179. The van der Waals surface area contributed by atoms with Gasteiger partial charge in [0, 0.05) is 6.04 Å². The number of nitrogens with one attached hydrogen (secondary N) is 1. The minimum atomic E-state index is -0.807. The van der Waals surface area contributed by atoms with Crippen molar-refractivity contribution in [3.63, 3.8) is 0 Å². The summed E-state index contributed by atoms with van der Waals surface area (Å²) >= 11 is 0. The van der Waals surface area contributed by atoms with Gasteiger partial charge in [0.05, 0.1) is 12.7 Å². The highest BCUT2D eigenvalue weighted by Gasteiger charge is 2.26. The van der Waals surface area contributed by atoms with Crippen LogP contribution in [0, 0.1) is 5.92 Å². The molecule has 1 aromatic rings. The fourth-order valence-electron chi connectivity index (χ4n) is 2.84. The quantitative estimate of drug-likeness (QED) is 0.848. The molecule has 3 atom stereocenters. The van der Waals surface area contributed by atoms with Gasteiger partial charge in [-0.1, -0.05) is 19.8 Å². The number of benzene rings is 1. The Morgan fingerprint density at radius 3 is 2.43 bits per heavy atom. The molecule has 1 aliphatic rings. The van der Waals surface area contributed by atoms with Crippen molar-refractivity contribution in [1.82, 2.24) is 5.32 Å². The summed E-state index contributed by atoms with van der Waals surface area (Å²) in [6.07, 6.45) is 3.67. The molecule has 0 unspecified atom stereocenters. The third-order valence-electron chi connectivity index (χ3n) is 4.42. The van der Waals surface area contributed by atoms with Gasteiger partial charge in [0.15, 0.2) is 6.10 Å². The maximum absolute atomic E-state index is 12.2. The van der Waals surface area contributed by atoms with Crippen LogP contribution >= 0.6 is 0 Å². The van der Waals surface area contributed by atoms with Crippen LogP contribution in [0.2, 0.25) is 0 Å². The predicted molar refractivity (Wildman–Crippen MR) is 87.4 cm³/mol. The van der Waals surface area contributed by atoms with Crippen molar-refractivity contribution in [3.05, 3.63) is 29.8 Å². The Hall–Kier alpha value is -2.04. The van der Waals surface area contributed by atoms with Crippen LogP contribution in [0.1, 0.15) is 49.9 Å². The van der Waals surface area contributed by atoms with E-state index in [1.807, 2.05) is 0 Å². The molecule has 0 aliphatic heterocycles. The zero-order chi connectivity index (χ0) is 16.8. The van der Waals surface area contributed by atoms with Crippen LogP contribution in [0.3, 0.4) is 0 Å². The SMILES string of the molecule is COc1ccc(C(=O)O[C@H](C)C(=O)N[C@H]2CCCC[C@H]2C)cc1. The van der Waals surface area contributed by atoms with E-state index in [9.17, 15) is 9.59 Å². The summed E-state index contributed by atoms with van der Waals surface area (Å²) in [6, 6.07) is 6.79.